The summed E-state index contributed by atoms with van der Waals surface area (Å²) in [5, 5.41) is 3.36. The zero-order valence-electron chi connectivity index (χ0n) is 13.8. The minimum absolute atomic E-state index is 0.121. The number of hydrogen-bond donors (Lipinski definition) is 1. The number of pyridine rings is 1. The molecule has 1 aromatic carbocycles. The van der Waals surface area contributed by atoms with Crippen LogP contribution >= 0.6 is 0 Å². The average Bonchev–Trinajstić information content (AvgIpc) is 2.93. The van der Waals surface area contributed by atoms with Crippen LogP contribution in [-0.2, 0) is 11.3 Å². The van der Waals surface area contributed by atoms with Crippen molar-refractivity contribution in [3.8, 4) is 0 Å². The molecule has 0 unspecified atom stereocenters. The standard InChI is InChI=1S/C20H23N3O/c24-19-7-4-10-20(22-19)15-23(13-16-8-11-21-12-9-16)14-18(20)17-5-2-1-3-6-17/h1-3,5-6,8-9,11-12,18H,4,7,10,13-15H2,(H,22,24)/t18-,20+/m0/s1. The molecular formula is C20H23N3O. The van der Waals surface area contributed by atoms with Crippen molar-refractivity contribution in [3.63, 3.8) is 0 Å². The lowest BCUT2D eigenvalue weighted by Gasteiger charge is -2.39. The molecule has 4 heteroatoms. The van der Waals surface area contributed by atoms with Crippen LogP contribution in [0.1, 0.15) is 36.3 Å². The number of aromatic nitrogens is 1. The first-order chi connectivity index (χ1) is 11.8. The highest BCUT2D eigenvalue weighted by Crippen LogP contribution is 2.41. The summed E-state index contributed by atoms with van der Waals surface area (Å²) >= 11 is 0. The molecular weight excluding hydrogens is 298 g/mol. The van der Waals surface area contributed by atoms with Crippen LogP contribution in [0.4, 0.5) is 0 Å². The number of carbonyl (C=O) groups excluding carboxylic acids is 1. The quantitative estimate of drug-likeness (QED) is 0.945. The molecule has 0 aliphatic carbocycles. The fraction of sp³-hybridized carbons (Fsp3) is 0.400. The number of piperidine rings is 1. The smallest absolute Gasteiger partial charge is 0.220 e. The maximum absolute atomic E-state index is 12.1. The molecule has 2 aromatic rings. The molecule has 2 fully saturated rings. The second kappa shape index (κ2) is 6.36. The van der Waals surface area contributed by atoms with Crippen LogP contribution in [0.3, 0.4) is 0 Å². The van der Waals surface area contributed by atoms with Gasteiger partial charge in [0.2, 0.25) is 5.91 Å². The van der Waals surface area contributed by atoms with Gasteiger partial charge >= 0.3 is 0 Å². The van der Waals surface area contributed by atoms with Gasteiger partial charge < -0.3 is 5.32 Å². The summed E-state index contributed by atoms with van der Waals surface area (Å²) < 4.78 is 0. The molecule has 2 aliphatic rings. The average molecular weight is 321 g/mol. The number of likely N-dealkylation sites (tertiary alicyclic amines) is 1. The summed E-state index contributed by atoms with van der Waals surface area (Å²) in [5.41, 5.74) is 2.48. The van der Waals surface area contributed by atoms with E-state index >= 15 is 0 Å². The molecule has 0 saturated carbocycles. The maximum atomic E-state index is 12.1. The van der Waals surface area contributed by atoms with E-state index < -0.39 is 0 Å². The van der Waals surface area contributed by atoms with E-state index in [1.807, 2.05) is 12.4 Å². The Hall–Kier alpha value is -2.20. The fourth-order valence-electron chi connectivity index (χ4n) is 4.33. The Balaban J connectivity index is 1.61. The molecule has 1 N–H and O–H groups in total. The molecule has 24 heavy (non-hydrogen) atoms. The highest BCUT2D eigenvalue weighted by molar-refractivity contribution is 5.78. The van der Waals surface area contributed by atoms with Gasteiger partial charge in [0, 0.05) is 44.4 Å². The van der Waals surface area contributed by atoms with Crippen LogP contribution in [0.25, 0.3) is 0 Å². The number of nitrogens with zero attached hydrogens (tertiary/aromatic N) is 2. The third-order valence-corrected chi connectivity index (χ3v) is 5.39. The van der Waals surface area contributed by atoms with Gasteiger partial charge in [-0.15, -0.1) is 0 Å². The predicted octanol–water partition coefficient (Wildman–Crippen LogP) is 2.72. The number of carbonyl (C=O) groups is 1. The lowest BCUT2D eigenvalue weighted by molar-refractivity contribution is -0.125. The molecule has 3 heterocycles. The Bertz CT molecular complexity index is 703. The first-order valence-corrected chi connectivity index (χ1v) is 8.72. The highest BCUT2D eigenvalue weighted by Gasteiger charge is 2.49. The van der Waals surface area contributed by atoms with E-state index in [9.17, 15) is 4.79 Å². The summed E-state index contributed by atoms with van der Waals surface area (Å²) in [5.74, 6) is 0.553. The van der Waals surface area contributed by atoms with Crippen molar-refractivity contribution < 1.29 is 4.79 Å². The summed E-state index contributed by atoms with van der Waals surface area (Å²) in [6.07, 6.45) is 6.40. The second-order valence-corrected chi connectivity index (χ2v) is 7.05. The van der Waals surface area contributed by atoms with Gasteiger partial charge in [-0.05, 0) is 36.1 Å². The van der Waals surface area contributed by atoms with Gasteiger partial charge in [0.05, 0.1) is 5.54 Å². The Morgan fingerprint density at radius 2 is 1.96 bits per heavy atom. The van der Waals surface area contributed by atoms with Crippen LogP contribution in [0.2, 0.25) is 0 Å². The summed E-state index contributed by atoms with van der Waals surface area (Å²) in [6, 6.07) is 14.8. The maximum Gasteiger partial charge on any atom is 0.220 e. The van der Waals surface area contributed by atoms with Crippen molar-refractivity contribution in [3.05, 3.63) is 66.0 Å². The van der Waals surface area contributed by atoms with Gasteiger partial charge in [-0.25, -0.2) is 0 Å². The van der Waals surface area contributed by atoms with Crippen LogP contribution in [0.5, 0.6) is 0 Å². The van der Waals surface area contributed by atoms with E-state index in [-0.39, 0.29) is 11.4 Å². The Morgan fingerprint density at radius 3 is 2.71 bits per heavy atom. The third-order valence-electron chi connectivity index (χ3n) is 5.39. The SMILES string of the molecule is O=C1CCC[C@]2(CN(Cc3ccncc3)C[C@H]2c2ccccc2)N1. The van der Waals surface area contributed by atoms with E-state index in [0.29, 0.717) is 12.3 Å². The van der Waals surface area contributed by atoms with Crippen LogP contribution in [0, 0.1) is 0 Å². The summed E-state index contributed by atoms with van der Waals surface area (Å²) in [4.78, 5) is 18.7. The van der Waals surface area contributed by atoms with E-state index in [0.717, 1.165) is 32.5 Å². The van der Waals surface area contributed by atoms with Gasteiger partial charge in [0.1, 0.15) is 0 Å². The molecule has 0 radical (unpaired) electrons. The Morgan fingerprint density at radius 1 is 1.17 bits per heavy atom. The normalized spacial score (nSPS) is 27.3. The van der Waals surface area contributed by atoms with Gasteiger partial charge in [-0.3, -0.25) is 14.7 Å². The van der Waals surface area contributed by atoms with Crippen molar-refractivity contribution in [1.82, 2.24) is 15.2 Å². The van der Waals surface area contributed by atoms with Crippen molar-refractivity contribution in [2.24, 2.45) is 0 Å². The third kappa shape index (κ3) is 2.94. The second-order valence-electron chi connectivity index (χ2n) is 7.05. The zero-order valence-corrected chi connectivity index (χ0v) is 13.8. The lowest BCUT2D eigenvalue weighted by atomic mass is 9.76. The van der Waals surface area contributed by atoms with E-state index in [1.165, 1.54) is 11.1 Å². The number of benzene rings is 1. The monoisotopic (exact) mass is 321 g/mol. The van der Waals surface area contributed by atoms with E-state index in [1.54, 1.807) is 0 Å². The van der Waals surface area contributed by atoms with Crippen molar-refractivity contribution in [2.45, 2.75) is 37.3 Å². The number of rotatable bonds is 3. The van der Waals surface area contributed by atoms with Gasteiger partial charge in [-0.2, -0.15) is 0 Å². The van der Waals surface area contributed by atoms with Gasteiger partial charge in [0.15, 0.2) is 0 Å². The number of nitrogens with one attached hydrogen (secondary N) is 1. The van der Waals surface area contributed by atoms with E-state index in [4.69, 9.17) is 0 Å². The molecule has 0 bridgehead atoms. The van der Waals surface area contributed by atoms with Crippen molar-refractivity contribution in [2.75, 3.05) is 13.1 Å². The Kier molecular flexibility index (Phi) is 4.07. The van der Waals surface area contributed by atoms with Crippen LogP contribution < -0.4 is 5.32 Å². The predicted molar refractivity (Wildman–Crippen MR) is 93.4 cm³/mol. The first-order valence-electron chi connectivity index (χ1n) is 8.72. The minimum Gasteiger partial charge on any atom is -0.349 e. The van der Waals surface area contributed by atoms with Gasteiger partial charge in [0.25, 0.3) is 0 Å². The van der Waals surface area contributed by atoms with Crippen molar-refractivity contribution in [1.29, 1.82) is 0 Å². The fourth-order valence-corrected chi connectivity index (χ4v) is 4.33. The van der Waals surface area contributed by atoms with Crippen LogP contribution in [-0.4, -0.2) is 34.4 Å². The van der Waals surface area contributed by atoms with Crippen molar-refractivity contribution >= 4 is 5.91 Å². The number of hydrogen-bond acceptors (Lipinski definition) is 3. The molecule has 1 amide bonds. The zero-order chi connectivity index (χ0) is 16.4. The Labute approximate surface area is 142 Å². The largest absolute Gasteiger partial charge is 0.349 e. The van der Waals surface area contributed by atoms with E-state index in [2.05, 4.69) is 57.7 Å². The van der Waals surface area contributed by atoms with Crippen LogP contribution in [0.15, 0.2) is 54.9 Å². The molecule has 1 spiro atoms. The minimum atomic E-state index is -0.121. The molecule has 124 valence electrons. The number of amides is 1. The molecule has 4 nitrogen and oxygen atoms in total. The first kappa shape index (κ1) is 15.3. The molecule has 1 aromatic heterocycles. The summed E-state index contributed by atoms with van der Waals surface area (Å²) in [6.45, 7) is 2.80. The highest BCUT2D eigenvalue weighted by atomic mass is 16.1. The topological polar surface area (TPSA) is 45.2 Å². The molecule has 2 aliphatic heterocycles. The molecule has 4 rings (SSSR count). The summed E-state index contributed by atoms with van der Waals surface area (Å²) in [7, 11) is 0. The van der Waals surface area contributed by atoms with Gasteiger partial charge in [-0.1, -0.05) is 30.3 Å². The molecule has 2 atom stereocenters. The molecule has 2 saturated heterocycles. The lowest BCUT2D eigenvalue weighted by Crippen LogP contribution is -2.56.